The molecule has 5 heteroatoms. The van der Waals surface area contributed by atoms with Crippen LogP contribution in [0.5, 0.6) is 0 Å². The summed E-state index contributed by atoms with van der Waals surface area (Å²) in [4.78, 5) is 6.37. The molecule has 1 aromatic heterocycles. The number of aliphatic hydroxyl groups is 1. The van der Waals surface area contributed by atoms with Crippen molar-refractivity contribution >= 4 is 5.95 Å². The van der Waals surface area contributed by atoms with Gasteiger partial charge in [0.2, 0.25) is 0 Å². The molecule has 1 fully saturated rings. The van der Waals surface area contributed by atoms with E-state index in [1.165, 1.54) is 0 Å². The third-order valence-electron chi connectivity index (χ3n) is 3.64. The number of β-amino-alcohol motifs (C(OH)–C–C–N with tert-alkyl or cyclic N) is 1. The summed E-state index contributed by atoms with van der Waals surface area (Å²) >= 11 is 0. The van der Waals surface area contributed by atoms with E-state index >= 15 is 0 Å². The highest BCUT2D eigenvalue weighted by molar-refractivity contribution is 5.54. The van der Waals surface area contributed by atoms with Crippen molar-refractivity contribution in [1.82, 2.24) is 10.1 Å². The lowest BCUT2D eigenvalue weighted by Gasteiger charge is -2.33. The predicted octanol–water partition coefficient (Wildman–Crippen LogP) is 1.94. The molecule has 0 spiro atoms. The molecule has 3 rings (SSSR count). The second kappa shape index (κ2) is 5.01. The van der Waals surface area contributed by atoms with Crippen molar-refractivity contribution in [3.63, 3.8) is 0 Å². The van der Waals surface area contributed by atoms with Gasteiger partial charge in [-0.15, -0.1) is 0 Å². The summed E-state index contributed by atoms with van der Waals surface area (Å²) in [5, 5.41) is 13.9. The Balaban J connectivity index is 1.79. The summed E-state index contributed by atoms with van der Waals surface area (Å²) < 4.78 is 5.28. The number of nitrogens with zero attached hydrogens (tertiary/aromatic N) is 3. The highest BCUT2D eigenvalue weighted by Gasteiger charge is 2.27. The van der Waals surface area contributed by atoms with Gasteiger partial charge in [-0.1, -0.05) is 25.1 Å². The molecule has 2 aromatic rings. The van der Waals surface area contributed by atoms with Gasteiger partial charge in [-0.25, -0.2) is 0 Å². The zero-order valence-electron chi connectivity index (χ0n) is 10.9. The molecule has 5 nitrogen and oxygen atoms in total. The number of benzene rings is 1. The molecule has 1 N–H and O–H groups in total. The summed E-state index contributed by atoms with van der Waals surface area (Å²) in [6.45, 7) is 3.48. The van der Waals surface area contributed by atoms with Crippen LogP contribution in [0.2, 0.25) is 0 Å². The van der Waals surface area contributed by atoms with Crippen LogP contribution in [0, 0.1) is 5.92 Å². The smallest absolute Gasteiger partial charge is 0.266 e. The molecule has 100 valence electrons. The highest BCUT2D eigenvalue weighted by Crippen LogP contribution is 2.24. The van der Waals surface area contributed by atoms with Crippen molar-refractivity contribution in [2.45, 2.75) is 19.4 Å². The lowest BCUT2D eigenvalue weighted by atomic mass is 9.96. The minimum atomic E-state index is -0.326. The molecule has 0 unspecified atom stereocenters. The number of hydrogen-bond acceptors (Lipinski definition) is 5. The van der Waals surface area contributed by atoms with Crippen LogP contribution in [0.15, 0.2) is 34.9 Å². The maximum absolute atomic E-state index is 9.91. The zero-order valence-corrected chi connectivity index (χ0v) is 10.9. The Morgan fingerprint density at radius 3 is 2.84 bits per heavy atom. The zero-order chi connectivity index (χ0) is 13.2. The standard InChI is InChI=1S/C14H17N3O2/c1-10-7-8-17(9-12(10)18)14-15-13(19-16-14)11-5-3-2-4-6-11/h2-6,10,12,18H,7-9H2,1H3/t10-,12+/m1/s1. The van der Waals surface area contributed by atoms with E-state index in [4.69, 9.17) is 4.52 Å². The quantitative estimate of drug-likeness (QED) is 0.893. The molecule has 0 bridgehead atoms. The molecule has 1 saturated heterocycles. The lowest BCUT2D eigenvalue weighted by molar-refractivity contribution is 0.102. The van der Waals surface area contributed by atoms with Crippen molar-refractivity contribution in [3.8, 4) is 11.5 Å². The Hall–Kier alpha value is -1.88. The van der Waals surface area contributed by atoms with E-state index < -0.39 is 0 Å². The van der Waals surface area contributed by atoms with Crippen LogP contribution in [-0.2, 0) is 0 Å². The molecule has 2 heterocycles. The molecular formula is C14H17N3O2. The van der Waals surface area contributed by atoms with Gasteiger partial charge in [-0.3, -0.25) is 0 Å². The SMILES string of the molecule is C[C@@H]1CCN(c2noc(-c3ccccc3)n2)C[C@@H]1O. The second-order valence-corrected chi connectivity index (χ2v) is 5.04. The van der Waals surface area contributed by atoms with Gasteiger partial charge < -0.3 is 14.5 Å². The van der Waals surface area contributed by atoms with Gasteiger partial charge in [0.1, 0.15) is 0 Å². The summed E-state index contributed by atoms with van der Waals surface area (Å²) in [5.74, 6) is 1.41. The Labute approximate surface area is 111 Å². The van der Waals surface area contributed by atoms with Crippen LogP contribution in [0.1, 0.15) is 13.3 Å². The van der Waals surface area contributed by atoms with Crippen molar-refractivity contribution in [2.75, 3.05) is 18.0 Å². The largest absolute Gasteiger partial charge is 0.391 e. The minimum Gasteiger partial charge on any atom is -0.391 e. The monoisotopic (exact) mass is 259 g/mol. The lowest BCUT2D eigenvalue weighted by Crippen LogP contribution is -2.43. The van der Waals surface area contributed by atoms with E-state index in [-0.39, 0.29) is 6.10 Å². The summed E-state index contributed by atoms with van der Waals surface area (Å²) in [5.41, 5.74) is 0.909. The number of anilines is 1. The number of aliphatic hydroxyl groups excluding tert-OH is 1. The molecule has 1 aliphatic rings. The summed E-state index contributed by atoms with van der Waals surface area (Å²) in [6, 6.07) is 9.69. The molecular weight excluding hydrogens is 242 g/mol. The highest BCUT2D eigenvalue weighted by atomic mass is 16.5. The Bertz CT molecular complexity index is 541. The normalized spacial score (nSPS) is 23.6. The van der Waals surface area contributed by atoms with Gasteiger partial charge in [-0.05, 0) is 29.6 Å². The van der Waals surface area contributed by atoms with E-state index in [1.54, 1.807) is 0 Å². The average Bonchev–Trinajstić information content (AvgIpc) is 2.93. The van der Waals surface area contributed by atoms with E-state index in [2.05, 4.69) is 17.1 Å². The number of piperidine rings is 1. The van der Waals surface area contributed by atoms with E-state index in [9.17, 15) is 5.11 Å². The van der Waals surface area contributed by atoms with Gasteiger partial charge >= 0.3 is 0 Å². The van der Waals surface area contributed by atoms with Gasteiger partial charge in [0.15, 0.2) is 0 Å². The topological polar surface area (TPSA) is 62.4 Å². The van der Waals surface area contributed by atoms with E-state index in [0.717, 1.165) is 18.5 Å². The molecule has 0 radical (unpaired) electrons. The fourth-order valence-electron chi connectivity index (χ4n) is 2.27. The minimum absolute atomic E-state index is 0.326. The van der Waals surface area contributed by atoms with E-state index in [1.807, 2.05) is 35.2 Å². The first-order valence-corrected chi connectivity index (χ1v) is 6.56. The van der Waals surface area contributed by atoms with Gasteiger partial charge in [0.05, 0.1) is 6.10 Å². The van der Waals surface area contributed by atoms with Crippen molar-refractivity contribution < 1.29 is 9.63 Å². The van der Waals surface area contributed by atoms with Crippen LogP contribution in [0.4, 0.5) is 5.95 Å². The van der Waals surface area contributed by atoms with Gasteiger partial charge in [0, 0.05) is 18.7 Å². The summed E-state index contributed by atoms with van der Waals surface area (Å²) in [6.07, 6.45) is 0.614. The Morgan fingerprint density at radius 1 is 1.32 bits per heavy atom. The maximum atomic E-state index is 9.91. The third kappa shape index (κ3) is 2.46. The third-order valence-corrected chi connectivity index (χ3v) is 3.64. The maximum Gasteiger partial charge on any atom is 0.266 e. The fraction of sp³-hybridized carbons (Fsp3) is 0.429. The van der Waals surface area contributed by atoms with Gasteiger partial charge in [0.25, 0.3) is 11.8 Å². The van der Waals surface area contributed by atoms with Crippen LogP contribution in [0.3, 0.4) is 0 Å². The molecule has 0 amide bonds. The first-order chi connectivity index (χ1) is 9.24. The first kappa shape index (κ1) is 12.2. The number of aromatic nitrogens is 2. The molecule has 0 aliphatic carbocycles. The second-order valence-electron chi connectivity index (χ2n) is 5.04. The molecule has 1 aromatic carbocycles. The number of hydrogen-bond donors (Lipinski definition) is 1. The van der Waals surface area contributed by atoms with Crippen LogP contribution < -0.4 is 4.90 Å². The molecule has 19 heavy (non-hydrogen) atoms. The first-order valence-electron chi connectivity index (χ1n) is 6.56. The summed E-state index contributed by atoms with van der Waals surface area (Å²) in [7, 11) is 0. The Kier molecular flexibility index (Phi) is 3.21. The molecule has 0 saturated carbocycles. The van der Waals surface area contributed by atoms with Crippen LogP contribution >= 0.6 is 0 Å². The molecule has 2 atom stereocenters. The predicted molar refractivity (Wildman–Crippen MR) is 71.7 cm³/mol. The van der Waals surface area contributed by atoms with Crippen LogP contribution in [0.25, 0.3) is 11.5 Å². The van der Waals surface area contributed by atoms with Crippen molar-refractivity contribution in [1.29, 1.82) is 0 Å². The van der Waals surface area contributed by atoms with Crippen LogP contribution in [-0.4, -0.2) is 34.4 Å². The van der Waals surface area contributed by atoms with Crippen molar-refractivity contribution in [3.05, 3.63) is 30.3 Å². The Morgan fingerprint density at radius 2 is 2.11 bits per heavy atom. The van der Waals surface area contributed by atoms with Crippen molar-refractivity contribution in [2.24, 2.45) is 5.92 Å². The fourth-order valence-corrected chi connectivity index (χ4v) is 2.27. The van der Waals surface area contributed by atoms with E-state index in [0.29, 0.717) is 24.3 Å². The number of rotatable bonds is 2. The van der Waals surface area contributed by atoms with Gasteiger partial charge in [-0.2, -0.15) is 4.98 Å². The average molecular weight is 259 g/mol. The molecule has 1 aliphatic heterocycles.